The quantitative estimate of drug-likeness (QED) is 0.823. The van der Waals surface area contributed by atoms with Crippen molar-refractivity contribution in [1.82, 2.24) is 5.32 Å². The van der Waals surface area contributed by atoms with Gasteiger partial charge in [-0.15, -0.1) is 0 Å². The molecule has 2 rings (SSSR count). The lowest BCUT2D eigenvalue weighted by atomic mass is 9.92. The summed E-state index contributed by atoms with van der Waals surface area (Å²) in [7, 11) is 0. The third-order valence-corrected chi connectivity index (χ3v) is 3.44. The van der Waals surface area contributed by atoms with Crippen LogP contribution in [0.3, 0.4) is 0 Å². The van der Waals surface area contributed by atoms with E-state index in [-0.39, 0.29) is 5.92 Å². The molecule has 2 nitrogen and oxygen atoms in total. The van der Waals surface area contributed by atoms with Crippen LogP contribution >= 0.6 is 11.3 Å². The number of nitrogens with one attached hydrogen (secondary N) is 1. The number of Topliss-reactive ketones (excluding diaryl/α,β-unsaturated/α-hetero) is 1. The zero-order chi connectivity index (χ0) is 9.80. The van der Waals surface area contributed by atoms with Gasteiger partial charge < -0.3 is 5.32 Å². The Morgan fingerprint density at radius 3 is 3.21 bits per heavy atom. The minimum absolute atomic E-state index is 0.253. The zero-order valence-electron chi connectivity index (χ0n) is 8.16. The van der Waals surface area contributed by atoms with Crippen LogP contribution in [0.5, 0.6) is 0 Å². The zero-order valence-corrected chi connectivity index (χ0v) is 8.98. The van der Waals surface area contributed by atoms with Crippen LogP contribution in [-0.4, -0.2) is 18.9 Å². The standard InChI is InChI=1S/C11H15NOS/c13-11(6-9-3-5-14-8-9)10-2-1-4-12-7-10/h3,5,8,10,12H,1-2,4,6-7H2. The summed E-state index contributed by atoms with van der Waals surface area (Å²) in [6, 6.07) is 2.04. The molecule has 1 aromatic rings. The Kier molecular flexibility index (Phi) is 3.32. The summed E-state index contributed by atoms with van der Waals surface area (Å²) < 4.78 is 0. The maximum atomic E-state index is 11.8. The number of piperidine rings is 1. The summed E-state index contributed by atoms with van der Waals surface area (Å²) in [6.07, 6.45) is 2.83. The first-order chi connectivity index (χ1) is 6.86. The van der Waals surface area contributed by atoms with Gasteiger partial charge in [0.25, 0.3) is 0 Å². The van der Waals surface area contributed by atoms with Crippen LogP contribution < -0.4 is 5.32 Å². The molecule has 2 heterocycles. The summed E-state index contributed by atoms with van der Waals surface area (Å²) in [6.45, 7) is 1.95. The molecule has 1 fully saturated rings. The van der Waals surface area contributed by atoms with Crippen molar-refractivity contribution < 1.29 is 4.79 Å². The summed E-state index contributed by atoms with van der Waals surface area (Å²) in [5, 5.41) is 7.37. The smallest absolute Gasteiger partial charge is 0.141 e. The molecule has 3 heteroatoms. The van der Waals surface area contributed by atoms with E-state index in [1.165, 1.54) is 5.56 Å². The molecule has 1 aliphatic rings. The van der Waals surface area contributed by atoms with Gasteiger partial charge in [-0.2, -0.15) is 11.3 Å². The maximum Gasteiger partial charge on any atom is 0.141 e. The lowest BCUT2D eigenvalue weighted by Crippen LogP contribution is -2.35. The van der Waals surface area contributed by atoms with Gasteiger partial charge in [-0.25, -0.2) is 0 Å². The van der Waals surface area contributed by atoms with E-state index in [4.69, 9.17) is 0 Å². The summed E-state index contributed by atoms with van der Waals surface area (Å²) in [5.74, 6) is 0.652. The minimum Gasteiger partial charge on any atom is -0.316 e. The van der Waals surface area contributed by atoms with Gasteiger partial charge >= 0.3 is 0 Å². The number of rotatable bonds is 3. The highest BCUT2D eigenvalue weighted by Gasteiger charge is 2.20. The second-order valence-corrected chi connectivity index (χ2v) is 4.60. The van der Waals surface area contributed by atoms with E-state index in [1.54, 1.807) is 11.3 Å². The minimum atomic E-state index is 0.253. The normalized spacial score (nSPS) is 22.1. The average molecular weight is 209 g/mol. The Morgan fingerprint density at radius 1 is 1.64 bits per heavy atom. The first-order valence-electron chi connectivity index (χ1n) is 5.11. The van der Waals surface area contributed by atoms with Crippen molar-refractivity contribution in [1.29, 1.82) is 0 Å². The van der Waals surface area contributed by atoms with Gasteiger partial charge in [0.05, 0.1) is 0 Å². The fourth-order valence-electron chi connectivity index (χ4n) is 1.87. The van der Waals surface area contributed by atoms with Crippen molar-refractivity contribution in [3.63, 3.8) is 0 Å². The third-order valence-electron chi connectivity index (χ3n) is 2.71. The predicted octanol–water partition coefficient (Wildman–Crippen LogP) is 1.86. The van der Waals surface area contributed by atoms with Crippen molar-refractivity contribution in [2.75, 3.05) is 13.1 Å². The van der Waals surface area contributed by atoms with Crippen molar-refractivity contribution in [3.8, 4) is 0 Å². The summed E-state index contributed by atoms with van der Waals surface area (Å²) in [4.78, 5) is 11.8. The van der Waals surface area contributed by atoms with Crippen LogP contribution in [0.25, 0.3) is 0 Å². The van der Waals surface area contributed by atoms with Crippen LogP contribution in [0.15, 0.2) is 16.8 Å². The van der Waals surface area contributed by atoms with Crippen molar-refractivity contribution in [3.05, 3.63) is 22.4 Å². The number of hydrogen-bond donors (Lipinski definition) is 1. The SMILES string of the molecule is O=C(Cc1ccsc1)C1CCCNC1. The summed E-state index contributed by atoms with van der Waals surface area (Å²) >= 11 is 1.66. The fraction of sp³-hybridized carbons (Fsp3) is 0.545. The molecule has 0 spiro atoms. The third kappa shape index (κ3) is 2.42. The average Bonchev–Trinajstić information content (AvgIpc) is 2.72. The fourth-order valence-corrected chi connectivity index (χ4v) is 2.53. The molecule has 76 valence electrons. The number of thiophene rings is 1. The van der Waals surface area contributed by atoms with Crippen LogP contribution in [0, 0.1) is 5.92 Å². The number of carbonyl (C=O) groups excluding carboxylic acids is 1. The molecule has 0 amide bonds. The van der Waals surface area contributed by atoms with Crippen LogP contribution in [0.2, 0.25) is 0 Å². The lowest BCUT2D eigenvalue weighted by Gasteiger charge is -2.21. The van der Waals surface area contributed by atoms with Gasteiger partial charge in [-0.05, 0) is 41.8 Å². The molecule has 0 aliphatic carbocycles. The van der Waals surface area contributed by atoms with Gasteiger partial charge in [-0.1, -0.05) is 0 Å². The first-order valence-corrected chi connectivity index (χ1v) is 6.05. The second-order valence-electron chi connectivity index (χ2n) is 3.82. The van der Waals surface area contributed by atoms with Gasteiger partial charge in [-0.3, -0.25) is 4.79 Å². The van der Waals surface area contributed by atoms with Crippen molar-refractivity contribution in [2.45, 2.75) is 19.3 Å². The van der Waals surface area contributed by atoms with E-state index < -0.39 is 0 Å². The Balaban J connectivity index is 1.88. The van der Waals surface area contributed by atoms with Crippen LogP contribution in [0.4, 0.5) is 0 Å². The molecule has 1 aromatic heterocycles. The van der Waals surface area contributed by atoms with E-state index in [0.29, 0.717) is 12.2 Å². The molecule has 1 aliphatic heterocycles. The molecule has 1 N–H and O–H groups in total. The highest BCUT2D eigenvalue weighted by Crippen LogP contribution is 2.15. The molecule has 1 saturated heterocycles. The van der Waals surface area contributed by atoms with E-state index in [2.05, 4.69) is 10.7 Å². The Labute approximate surface area is 88.3 Å². The van der Waals surface area contributed by atoms with E-state index in [1.807, 2.05) is 11.4 Å². The molecule has 0 saturated carbocycles. The Bertz CT molecular complexity index is 288. The van der Waals surface area contributed by atoms with Crippen LogP contribution in [-0.2, 0) is 11.2 Å². The Hall–Kier alpha value is -0.670. The summed E-state index contributed by atoms with van der Waals surface area (Å²) in [5.41, 5.74) is 1.17. The Morgan fingerprint density at radius 2 is 2.57 bits per heavy atom. The topological polar surface area (TPSA) is 29.1 Å². The van der Waals surface area contributed by atoms with Gasteiger partial charge in [0, 0.05) is 18.9 Å². The van der Waals surface area contributed by atoms with E-state index >= 15 is 0 Å². The van der Waals surface area contributed by atoms with Gasteiger partial charge in [0.15, 0.2) is 0 Å². The molecule has 1 unspecified atom stereocenters. The first kappa shape index (κ1) is 9.87. The largest absolute Gasteiger partial charge is 0.316 e. The number of carbonyl (C=O) groups is 1. The van der Waals surface area contributed by atoms with E-state index in [0.717, 1.165) is 25.9 Å². The van der Waals surface area contributed by atoms with Gasteiger partial charge in [0.1, 0.15) is 5.78 Å². The molecular weight excluding hydrogens is 194 g/mol. The monoisotopic (exact) mass is 209 g/mol. The lowest BCUT2D eigenvalue weighted by molar-refractivity contribution is -0.122. The molecule has 1 atom stereocenters. The van der Waals surface area contributed by atoms with Gasteiger partial charge in [0.2, 0.25) is 0 Å². The molecule has 0 radical (unpaired) electrons. The highest BCUT2D eigenvalue weighted by molar-refractivity contribution is 7.07. The second kappa shape index (κ2) is 4.71. The van der Waals surface area contributed by atoms with Crippen molar-refractivity contribution in [2.24, 2.45) is 5.92 Å². The highest BCUT2D eigenvalue weighted by atomic mass is 32.1. The number of ketones is 1. The maximum absolute atomic E-state index is 11.8. The molecular formula is C11H15NOS. The van der Waals surface area contributed by atoms with E-state index in [9.17, 15) is 4.79 Å². The molecule has 0 aromatic carbocycles. The van der Waals surface area contributed by atoms with Crippen molar-refractivity contribution >= 4 is 17.1 Å². The molecule has 0 bridgehead atoms. The predicted molar refractivity (Wildman–Crippen MR) is 58.6 cm³/mol. The van der Waals surface area contributed by atoms with Crippen LogP contribution in [0.1, 0.15) is 18.4 Å². The molecule has 14 heavy (non-hydrogen) atoms. The number of hydrogen-bond acceptors (Lipinski definition) is 3.